The van der Waals surface area contributed by atoms with E-state index in [1.54, 1.807) is 0 Å². The molecule has 2 aliphatic rings. The summed E-state index contributed by atoms with van der Waals surface area (Å²) in [7, 11) is 0. The highest BCUT2D eigenvalue weighted by molar-refractivity contribution is 4.23. The highest BCUT2D eigenvalue weighted by atomic mass is 17.2. The van der Waals surface area contributed by atoms with Crippen LogP contribution in [0, 0.1) is 0 Å². The summed E-state index contributed by atoms with van der Waals surface area (Å²) in [6, 6.07) is 0. The van der Waals surface area contributed by atoms with Crippen LogP contribution < -0.4 is 0 Å². The lowest BCUT2D eigenvalue weighted by Gasteiger charge is -2.08. The van der Waals surface area contributed by atoms with Crippen molar-refractivity contribution in [2.24, 2.45) is 0 Å². The van der Waals surface area contributed by atoms with Gasteiger partial charge in [0.1, 0.15) is 26.4 Å². The van der Waals surface area contributed by atoms with Gasteiger partial charge in [0.05, 0.1) is 0 Å². The second-order valence-electron chi connectivity index (χ2n) is 1.29. The first-order valence-electron chi connectivity index (χ1n) is 2.49. The Labute approximate surface area is 47.1 Å². The van der Waals surface area contributed by atoms with Crippen LogP contribution in [-0.4, -0.2) is 26.4 Å². The number of rotatable bonds is 0. The smallest absolute Gasteiger partial charge is 0.109 e. The molecular formula is C4H8O4. The Kier molecular flexibility index (Phi) is 2.83. The summed E-state index contributed by atoms with van der Waals surface area (Å²) in [5.74, 6) is 0. The first-order valence-corrected chi connectivity index (χ1v) is 2.49. The predicted octanol–water partition coefficient (Wildman–Crippen LogP) is -0.104. The maximum absolute atomic E-state index is 4.22. The Morgan fingerprint density at radius 2 is 0.625 bits per heavy atom. The summed E-state index contributed by atoms with van der Waals surface area (Å²) < 4.78 is 0. The molecule has 0 N–H and O–H groups in total. The van der Waals surface area contributed by atoms with Gasteiger partial charge in [-0.1, -0.05) is 0 Å². The molecule has 4 heteroatoms. The minimum Gasteiger partial charge on any atom is -0.234 e. The molecule has 2 rings (SSSR count). The van der Waals surface area contributed by atoms with E-state index in [1.165, 1.54) is 0 Å². The average molecular weight is 120 g/mol. The molecule has 8 heavy (non-hydrogen) atoms. The summed E-state index contributed by atoms with van der Waals surface area (Å²) >= 11 is 0. The molecule has 2 heterocycles. The van der Waals surface area contributed by atoms with Crippen LogP contribution in [0.3, 0.4) is 0 Å². The third kappa shape index (κ3) is 2.23. The predicted molar refractivity (Wildman–Crippen MR) is 23.8 cm³/mol. The second kappa shape index (κ2) is 3.80. The van der Waals surface area contributed by atoms with Gasteiger partial charge >= 0.3 is 0 Å². The van der Waals surface area contributed by atoms with Crippen molar-refractivity contribution in [2.45, 2.75) is 0 Å². The molecule has 0 radical (unpaired) electrons. The molecule has 48 valence electrons. The quantitative estimate of drug-likeness (QED) is 0.418. The highest BCUT2D eigenvalue weighted by Gasteiger charge is 1.96. The molecule has 0 bridgehead atoms. The fourth-order valence-corrected chi connectivity index (χ4v) is 0.167. The van der Waals surface area contributed by atoms with E-state index in [2.05, 4.69) is 19.6 Å². The van der Waals surface area contributed by atoms with Crippen LogP contribution in [0.2, 0.25) is 0 Å². The van der Waals surface area contributed by atoms with Crippen molar-refractivity contribution < 1.29 is 19.6 Å². The van der Waals surface area contributed by atoms with Gasteiger partial charge in [0.15, 0.2) is 0 Å². The SMILES string of the molecule is C1COO1.C1COO1. The van der Waals surface area contributed by atoms with Gasteiger partial charge in [-0.3, -0.25) is 0 Å². The lowest BCUT2D eigenvalue weighted by Crippen LogP contribution is -2.14. The van der Waals surface area contributed by atoms with Gasteiger partial charge < -0.3 is 0 Å². The molecule has 0 aliphatic carbocycles. The first-order chi connectivity index (χ1) is 4.00. The maximum Gasteiger partial charge on any atom is 0.109 e. The van der Waals surface area contributed by atoms with E-state index in [-0.39, 0.29) is 0 Å². The van der Waals surface area contributed by atoms with E-state index in [4.69, 9.17) is 0 Å². The Bertz CT molecular complexity index is 32.0. The van der Waals surface area contributed by atoms with Crippen LogP contribution in [0.4, 0.5) is 0 Å². The van der Waals surface area contributed by atoms with Gasteiger partial charge in [0, 0.05) is 0 Å². The highest BCUT2D eigenvalue weighted by Crippen LogP contribution is 1.87. The Balaban J connectivity index is 0.0000000800. The third-order valence-corrected chi connectivity index (χ3v) is 0.667. The van der Waals surface area contributed by atoms with E-state index in [1.807, 2.05) is 0 Å². The topological polar surface area (TPSA) is 36.9 Å². The molecule has 0 amide bonds. The van der Waals surface area contributed by atoms with Gasteiger partial charge in [-0.2, -0.15) is 0 Å². The molecule has 4 nitrogen and oxygen atoms in total. The van der Waals surface area contributed by atoms with Crippen LogP contribution in [0.1, 0.15) is 0 Å². The molecule has 2 saturated heterocycles. The first kappa shape index (κ1) is 5.97. The Morgan fingerprint density at radius 3 is 0.625 bits per heavy atom. The third-order valence-electron chi connectivity index (χ3n) is 0.667. The van der Waals surface area contributed by atoms with Gasteiger partial charge in [0.2, 0.25) is 0 Å². The van der Waals surface area contributed by atoms with Crippen LogP contribution >= 0.6 is 0 Å². The molecule has 0 spiro atoms. The molecule has 0 saturated carbocycles. The van der Waals surface area contributed by atoms with E-state index >= 15 is 0 Å². The molecule has 2 aliphatic heterocycles. The van der Waals surface area contributed by atoms with Gasteiger partial charge in [-0.25, -0.2) is 19.6 Å². The summed E-state index contributed by atoms with van der Waals surface area (Å²) in [5, 5.41) is 0. The zero-order chi connectivity index (χ0) is 5.66. The molecule has 0 unspecified atom stereocenters. The molecular weight excluding hydrogens is 112 g/mol. The van der Waals surface area contributed by atoms with E-state index in [9.17, 15) is 0 Å². The zero-order valence-electron chi connectivity index (χ0n) is 4.46. The van der Waals surface area contributed by atoms with Crippen molar-refractivity contribution in [1.29, 1.82) is 0 Å². The minimum atomic E-state index is 0.778. The molecule has 0 aromatic rings. The lowest BCUT2D eigenvalue weighted by molar-refractivity contribution is -0.382. The van der Waals surface area contributed by atoms with Crippen molar-refractivity contribution in [1.82, 2.24) is 0 Å². The second-order valence-corrected chi connectivity index (χ2v) is 1.29. The van der Waals surface area contributed by atoms with Crippen molar-refractivity contribution in [3.63, 3.8) is 0 Å². The number of hydrogen-bond donors (Lipinski definition) is 0. The van der Waals surface area contributed by atoms with Crippen molar-refractivity contribution in [3.05, 3.63) is 0 Å². The summed E-state index contributed by atoms with van der Waals surface area (Å²) in [6.45, 7) is 3.11. The fourth-order valence-electron chi connectivity index (χ4n) is 0.167. The van der Waals surface area contributed by atoms with Crippen LogP contribution in [0.25, 0.3) is 0 Å². The maximum atomic E-state index is 4.22. The number of hydrogen-bond acceptors (Lipinski definition) is 4. The van der Waals surface area contributed by atoms with Crippen molar-refractivity contribution >= 4 is 0 Å². The van der Waals surface area contributed by atoms with Crippen molar-refractivity contribution in [3.8, 4) is 0 Å². The Hall–Kier alpha value is -0.160. The standard InChI is InChI=1S/2C2H4O2/c2*1-2-4-3-1/h2*1-2H2. The normalized spacial score (nSPS) is 24.0. The largest absolute Gasteiger partial charge is 0.234 e. The van der Waals surface area contributed by atoms with E-state index in [0.717, 1.165) is 26.4 Å². The lowest BCUT2D eigenvalue weighted by atomic mass is 10.8. The van der Waals surface area contributed by atoms with Crippen LogP contribution in [-0.2, 0) is 19.6 Å². The Morgan fingerprint density at radius 1 is 0.500 bits per heavy atom. The van der Waals surface area contributed by atoms with E-state index in [0.29, 0.717) is 0 Å². The van der Waals surface area contributed by atoms with Crippen LogP contribution in [0.5, 0.6) is 0 Å². The monoisotopic (exact) mass is 120 g/mol. The zero-order valence-corrected chi connectivity index (χ0v) is 4.46. The van der Waals surface area contributed by atoms with Gasteiger partial charge in [-0.15, -0.1) is 0 Å². The van der Waals surface area contributed by atoms with Gasteiger partial charge in [0.25, 0.3) is 0 Å². The van der Waals surface area contributed by atoms with E-state index < -0.39 is 0 Å². The van der Waals surface area contributed by atoms with Gasteiger partial charge in [-0.05, 0) is 0 Å². The summed E-state index contributed by atoms with van der Waals surface area (Å²) in [5.41, 5.74) is 0. The molecule has 0 atom stereocenters. The van der Waals surface area contributed by atoms with Crippen molar-refractivity contribution in [2.75, 3.05) is 26.4 Å². The molecule has 0 aromatic heterocycles. The summed E-state index contributed by atoms with van der Waals surface area (Å²) in [6.07, 6.45) is 0. The molecule has 2 fully saturated rings. The molecule has 0 aromatic carbocycles. The average Bonchev–Trinajstić information content (AvgIpc) is 1.12. The van der Waals surface area contributed by atoms with Crippen LogP contribution in [0.15, 0.2) is 0 Å². The summed E-state index contributed by atoms with van der Waals surface area (Å²) in [4.78, 5) is 16.9. The minimum absolute atomic E-state index is 0.778. The fraction of sp³-hybridized carbons (Fsp3) is 1.00.